The highest BCUT2D eigenvalue weighted by Gasteiger charge is 2.22. The summed E-state index contributed by atoms with van der Waals surface area (Å²) in [5, 5.41) is 6.20. The van der Waals surface area contributed by atoms with Crippen molar-refractivity contribution in [1.29, 1.82) is 0 Å². The number of amides is 2. The van der Waals surface area contributed by atoms with Crippen molar-refractivity contribution in [1.82, 2.24) is 20.2 Å². The average Bonchev–Trinajstić information content (AvgIpc) is 3.19. The second kappa shape index (κ2) is 11.1. The van der Waals surface area contributed by atoms with Gasteiger partial charge in [0.2, 0.25) is 5.91 Å². The minimum Gasteiger partial charge on any atom is -0.354 e. The van der Waals surface area contributed by atoms with Gasteiger partial charge in [0.25, 0.3) is 11.5 Å². The highest BCUT2D eigenvalue weighted by molar-refractivity contribution is 7.15. The molecule has 8 heteroatoms. The number of aryl methyl sites for hydroxylation is 2. The highest BCUT2D eigenvalue weighted by atomic mass is 32.1. The van der Waals surface area contributed by atoms with Gasteiger partial charge in [-0.1, -0.05) is 60.7 Å². The predicted molar refractivity (Wildman–Crippen MR) is 139 cm³/mol. The van der Waals surface area contributed by atoms with Gasteiger partial charge in [-0.05, 0) is 37.8 Å². The number of benzene rings is 2. The molecule has 4 rings (SSSR count). The van der Waals surface area contributed by atoms with E-state index in [1.54, 1.807) is 13.8 Å². The highest BCUT2D eigenvalue weighted by Crippen LogP contribution is 2.27. The van der Waals surface area contributed by atoms with E-state index >= 15 is 0 Å². The molecule has 2 heterocycles. The molecule has 2 aromatic carbocycles. The number of carbonyl (C=O) groups is 2. The van der Waals surface area contributed by atoms with Crippen LogP contribution in [0.15, 0.2) is 65.5 Å². The Morgan fingerprint density at radius 2 is 1.46 bits per heavy atom. The topological polar surface area (TPSA) is 93.1 Å². The Balaban J connectivity index is 1.45. The molecule has 0 spiro atoms. The van der Waals surface area contributed by atoms with E-state index in [2.05, 4.69) is 15.6 Å². The second-order valence-corrected chi connectivity index (χ2v) is 9.56. The Bertz CT molecular complexity index is 1390. The van der Waals surface area contributed by atoms with Crippen LogP contribution in [0.4, 0.5) is 0 Å². The van der Waals surface area contributed by atoms with Crippen LogP contribution in [0.5, 0.6) is 0 Å². The van der Waals surface area contributed by atoms with Crippen LogP contribution in [0, 0.1) is 13.8 Å². The summed E-state index contributed by atoms with van der Waals surface area (Å²) in [5.41, 5.74) is 2.36. The number of rotatable bonds is 9. The third-order valence-corrected chi connectivity index (χ3v) is 6.90. The maximum Gasteiger partial charge on any atom is 0.263 e. The fraction of sp³-hybridized carbons (Fsp3) is 0.259. The molecular formula is C27H28N4O3S. The molecule has 0 unspecified atom stereocenters. The van der Waals surface area contributed by atoms with Crippen LogP contribution >= 0.6 is 11.3 Å². The molecule has 7 nitrogen and oxygen atoms in total. The van der Waals surface area contributed by atoms with Gasteiger partial charge in [0, 0.05) is 18.0 Å². The number of nitrogens with zero attached hydrogens (tertiary/aromatic N) is 2. The molecule has 0 radical (unpaired) electrons. The van der Waals surface area contributed by atoms with Crippen LogP contribution in [0.3, 0.4) is 0 Å². The Morgan fingerprint density at radius 3 is 2.06 bits per heavy atom. The lowest BCUT2D eigenvalue weighted by Gasteiger charge is -2.11. The van der Waals surface area contributed by atoms with Crippen molar-refractivity contribution < 1.29 is 9.59 Å². The van der Waals surface area contributed by atoms with E-state index in [1.807, 2.05) is 60.7 Å². The van der Waals surface area contributed by atoms with Gasteiger partial charge in [-0.3, -0.25) is 19.0 Å². The molecule has 35 heavy (non-hydrogen) atoms. The minimum atomic E-state index is -0.303. The Labute approximate surface area is 207 Å². The van der Waals surface area contributed by atoms with Crippen molar-refractivity contribution in [3.8, 4) is 0 Å². The van der Waals surface area contributed by atoms with Gasteiger partial charge in [-0.15, -0.1) is 11.3 Å². The molecule has 0 saturated heterocycles. The van der Waals surface area contributed by atoms with Crippen LogP contribution < -0.4 is 16.2 Å². The van der Waals surface area contributed by atoms with E-state index in [0.717, 1.165) is 11.1 Å². The molecule has 0 bridgehead atoms. The van der Waals surface area contributed by atoms with Gasteiger partial charge in [0.1, 0.15) is 22.8 Å². The van der Waals surface area contributed by atoms with Gasteiger partial charge >= 0.3 is 0 Å². The van der Waals surface area contributed by atoms with Gasteiger partial charge in [-0.25, -0.2) is 4.98 Å². The summed E-state index contributed by atoms with van der Waals surface area (Å²) in [6.07, 6.45) is 1.43. The zero-order chi connectivity index (χ0) is 24.8. The molecule has 0 fully saturated rings. The molecule has 0 aliphatic carbocycles. The molecule has 0 saturated carbocycles. The molecule has 2 amide bonds. The lowest BCUT2D eigenvalue weighted by atomic mass is 10.1. The van der Waals surface area contributed by atoms with E-state index < -0.39 is 0 Å². The lowest BCUT2D eigenvalue weighted by molar-refractivity contribution is -0.121. The van der Waals surface area contributed by atoms with Crippen molar-refractivity contribution in [3.63, 3.8) is 0 Å². The number of carbonyl (C=O) groups excluding carboxylic acids is 2. The van der Waals surface area contributed by atoms with Gasteiger partial charge in [-0.2, -0.15) is 0 Å². The van der Waals surface area contributed by atoms with E-state index in [-0.39, 0.29) is 23.9 Å². The SMILES string of the molecule is Cc1sc(C(=O)NCCc2ccccc2)c2nc(C)n(CC(=O)NCCc3ccccc3)c(=O)c12. The minimum absolute atomic E-state index is 0.115. The van der Waals surface area contributed by atoms with Crippen molar-refractivity contribution >= 4 is 34.1 Å². The van der Waals surface area contributed by atoms with E-state index in [4.69, 9.17) is 0 Å². The standard InChI is InChI=1S/C27H28N4O3S/c1-18-23-24(25(35-18)26(33)29-16-14-21-11-7-4-8-12-21)30-19(2)31(27(23)34)17-22(32)28-15-13-20-9-5-3-6-10-20/h3-12H,13-17H2,1-2H3,(H,28,32)(H,29,33). The molecule has 2 aromatic heterocycles. The number of fused-ring (bicyclic) bond motifs is 1. The van der Waals surface area contributed by atoms with Crippen LogP contribution in [-0.4, -0.2) is 34.5 Å². The fourth-order valence-corrected chi connectivity index (χ4v) is 4.97. The summed E-state index contributed by atoms with van der Waals surface area (Å²) >= 11 is 1.26. The van der Waals surface area contributed by atoms with E-state index in [0.29, 0.717) is 52.4 Å². The largest absolute Gasteiger partial charge is 0.354 e. The Kier molecular flexibility index (Phi) is 7.72. The number of nitrogens with one attached hydrogen (secondary N) is 2. The van der Waals surface area contributed by atoms with Crippen LogP contribution in [0.1, 0.15) is 31.5 Å². The summed E-state index contributed by atoms with van der Waals surface area (Å²) in [5.74, 6) is -0.0948. The fourth-order valence-electron chi connectivity index (χ4n) is 3.97. The molecule has 0 aliphatic heterocycles. The molecule has 4 aromatic rings. The smallest absolute Gasteiger partial charge is 0.263 e. The molecule has 0 atom stereocenters. The molecule has 0 aliphatic rings. The average molecular weight is 489 g/mol. The number of aromatic nitrogens is 2. The summed E-state index contributed by atoms with van der Waals surface area (Å²) in [6, 6.07) is 19.8. The zero-order valence-electron chi connectivity index (χ0n) is 19.8. The summed E-state index contributed by atoms with van der Waals surface area (Å²) < 4.78 is 1.37. The van der Waals surface area contributed by atoms with Crippen molar-refractivity contribution in [2.45, 2.75) is 33.2 Å². The third kappa shape index (κ3) is 5.84. The number of hydrogen-bond acceptors (Lipinski definition) is 5. The first-order chi connectivity index (χ1) is 16.9. The quantitative estimate of drug-likeness (QED) is 0.378. The first-order valence-corrected chi connectivity index (χ1v) is 12.4. The predicted octanol–water partition coefficient (Wildman–Crippen LogP) is 3.41. The van der Waals surface area contributed by atoms with E-state index in [9.17, 15) is 14.4 Å². The molecule has 2 N–H and O–H groups in total. The number of hydrogen-bond donors (Lipinski definition) is 2. The van der Waals surface area contributed by atoms with Crippen molar-refractivity contribution in [2.75, 3.05) is 13.1 Å². The van der Waals surface area contributed by atoms with Gasteiger partial charge in [0.05, 0.1) is 5.39 Å². The first kappa shape index (κ1) is 24.3. The third-order valence-electron chi connectivity index (χ3n) is 5.81. The lowest BCUT2D eigenvalue weighted by Crippen LogP contribution is -2.35. The van der Waals surface area contributed by atoms with Crippen molar-refractivity contribution in [2.24, 2.45) is 0 Å². The van der Waals surface area contributed by atoms with Crippen LogP contribution in [0.25, 0.3) is 10.9 Å². The maximum atomic E-state index is 13.3. The van der Waals surface area contributed by atoms with Gasteiger partial charge < -0.3 is 10.6 Å². The van der Waals surface area contributed by atoms with Gasteiger partial charge in [0.15, 0.2) is 0 Å². The summed E-state index contributed by atoms with van der Waals surface area (Å²) in [4.78, 5) is 44.3. The monoisotopic (exact) mass is 488 g/mol. The van der Waals surface area contributed by atoms with Crippen molar-refractivity contribution in [3.05, 3.63) is 97.7 Å². The normalized spacial score (nSPS) is 10.9. The summed E-state index contributed by atoms with van der Waals surface area (Å²) in [6.45, 7) is 4.34. The van der Waals surface area contributed by atoms with Crippen LogP contribution in [-0.2, 0) is 24.2 Å². The van der Waals surface area contributed by atoms with Crippen LogP contribution in [0.2, 0.25) is 0 Å². The summed E-state index contributed by atoms with van der Waals surface area (Å²) in [7, 11) is 0. The maximum absolute atomic E-state index is 13.3. The molecular weight excluding hydrogens is 460 g/mol. The first-order valence-electron chi connectivity index (χ1n) is 11.6. The second-order valence-electron chi connectivity index (χ2n) is 8.34. The zero-order valence-corrected chi connectivity index (χ0v) is 20.7. The Hall–Kier alpha value is -3.78. The van der Waals surface area contributed by atoms with E-state index in [1.165, 1.54) is 15.9 Å². The Morgan fingerprint density at radius 1 is 0.886 bits per heavy atom. The number of thiophene rings is 1. The molecule has 180 valence electrons.